The summed E-state index contributed by atoms with van der Waals surface area (Å²) >= 11 is 0. The van der Waals surface area contributed by atoms with E-state index in [0.717, 1.165) is 18.5 Å². The number of H-pyrrole nitrogens is 2. The molecule has 3 aromatic heterocycles. The lowest BCUT2D eigenvalue weighted by Crippen LogP contribution is -2.33. The zero-order valence-corrected chi connectivity index (χ0v) is 14.1. The number of nitrogens with two attached hydrogens (primary N) is 1. The quantitative estimate of drug-likeness (QED) is 0.643. The minimum Gasteiger partial charge on any atom is -0.368 e. The highest BCUT2D eigenvalue weighted by Crippen LogP contribution is 2.28. The average molecular weight is 351 g/mol. The smallest absolute Gasteiger partial charge is 0.326 e. The van der Waals surface area contributed by atoms with Crippen molar-refractivity contribution in [2.75, 3.05) is 17.2 Å². The van der Waals surface area contributed by atoms with Crippen molar-refractivity contribution in [3.05, 3.63) is 50.4 Å². The molecule has 0 saturated heterocycles. The van der Waals surface area contributed by atoms with Gasteiger partial charge >= 0.3 is 5.69 Å². The molecule has 0 aliphatic carbocycles. The van der Waals surface area contributed by atoms with Crippen LogP contribution in [0.4, 0.5) is 17.5 Å². The third kappa shape index (κ3) is 2.63. The van der Waals surface area contributed by atoms with Crippen LogP contribution in [-0.4, -0.2) is 31.5 Å². The number of nitrogens with zero attached hydrogens (tertiary/aromatic N) is 4. The highest BCUT2D eigenvalue weighted by atomic mass is 16.2. The maximum Gasteiger partial charge on any atom is 0.326 e. The molecular formula is C17H17N7O2. The van der Waals surface area contributed by atoms with Gasteiger partial charge in [0.15, 0.2) is 0 Å². The second-order valence-electron chi connectivity index (χ2n) is 6.00. The Balaban J connectivity index is 1.90. The predicted molar refractivity (Wildman–Crippen MR) is 99.5 cm³/mol. The van der Waals surface area contributed by atoms with Gasteiger partial charge in [-0.05, 0) is 24.6 Å². The molecule has 26 heavy (non-hydrogen) atoms. The number of pyridine rings is 1. The molecule has 0 saturated carbocycles. The van der Waals surface area contributed by atoms with Crippen LogP contribution < -0.4 is 21.9 Å². The van der Waals surface area contributed by atoms with Gasteiger partial charge in [0.05, 0.1) is 16.9 Å². The molecule has 0 spiro atoms. The van der Waals surface area contributed by atoms with Gasteiger partial charge in [0.1, 0.15) is 17.0 Å². The molecule has 0 fully saturated rings. The Labute approximate surface area is 147 Å². The van der Waals surface area contributed by atoms with Crippen molar-refractivity contribution in [3.8, 4) is 0 Å². The minimum absolute atomic E-state index is 0.218. The molecule has 1 aliphatic heterocycles. The topological polar surface area (TPSA) is 134 Å². The van der Waals surface area contributed by atoms with E-state index in [4.69, 9.17) is 5.73 Å². The molecule has 4 rings (SSSR count). The fraction of sp³-hybridized carbons (Fsp3) is 0.235. The summed E-state index contributed by atoms with van der Waals surface area (Å²) in [6, 6.07) is 3.59. The maximum atomic E-state index is 12.3. The van der Waals surface area contributed by atoms with Crippen LogP contribution in [0.15, 0.2) is 27.8 Å². The Kier molecular flexibility index (Phi) is 3.76. The zero-order valence-electron chi connectivity index (χ0n) is 14.1. The van der Waals surface area contributed by atoms with Crippen LogP contribution in [0.5, 0.6) is 0 Å². The van der Waals surface area contributed by atoms with Crippen molar-refractivity contribution in [2.45, 2.75) is 19.8 Å². The summed E-state index contributed by atoms with van der Waals surface area (Å²) in [5.41, 5.74) is 7.69. The summed E-state index contributed by atoms with van der Waals surface area (Å²) in [4.78, 5) is 43.7. The van der Waals surface area contributed by atoms with Gasteiger partial charge < -0.3 is 15.6 Å². The van der Waals surface area contributed by atoms with Gasteiger partial charge in [0, 0.05) is 6.54 Å². The highest BCUT2D eigenvalue weighted by molar-refractivity contribution is 5.82. The number of anilines is 3. The van der Waals surface area contributed by atoms with Gasteiger partial charge in [-0.25, -0.2) is 19.7 Å². The van der Waals surface area contributed by atoms with E-state index in [0.29, 0.717) is 34.8 Å². The standard InChI is InChI=1S/C17H17N7O2/c1-2-4-9-13-10(20-16(18)19-9)6-7-12(22-13)24-8-3-5-11-14(24)15(25)23-17(26)21-11/h3,5-7H,2,4,8H2,1H3,(H2,18,19,20)(H2,21,23,25,26). The lowest BCUT2D eigenvalue weighted by atomic mass is 10.1. The molecule has 1 aliphatic rings. The monoisotopic (exact) mass is 351 g/mol. The van der Waals surface area contributed by atoms with E-state index >= 15 is 0 Å². The lowest BCUT2D eigenvalue weighted by molar-refractivity contribution is 0.884. The van der Waals surface area contributed by atoms with Crippen LogP contribution in [-0.2, 0) is 6.42 Å². The van der Waals surface area contributed by atoms with Gasteiger partial charge in [0.2, 0.25) is 5.95 Å². The molecule has 0 radical (unpaired) electrons. The van der Waals surface area contributed by atoms with Crippen LogP contribution >= 0.6 is 0 Å². The maximum absolute atomic E-state index is 12.3. The van der Waals surface area contributed by atoms with Crippen LogP contribution in [0, 0.1) is 0 Å². The molecule has 4 heterocycles. The number of nitrogen functional groups attached to an aromatic ring is 1. The van der Waals surface area contributed by atoms with E-state index in [-0.39, 0.29) is 5.95 Å². The molecular weight excluding hydrogens is 334 g/mol. The van der Waals surface area contributed by atoms with Gasteiger partial charge in [-0.3, -0.25) is 9.78 Å². The Morgan fingerprint density at radius 1 is 1.19 bits per heavy atom. The van der Waals surface area contributed by atoms with Crippen molar-refractivity contribution in [2.24, 2.45) is 0 Å². The number of nitrogens with one attached hydrogen (secondary N) is 2. The molecule has 0 aromatic carbocycles. The number of fused-ring (bicyclic) bond motifs is 2. The van der Waals surface area contributed by atoms with E-state index < -0.39 is 11.2 Å². The molecule has 0 bridgehead atoms. The Morgan fingerprint density at radius 2 is 2.04 bits per heavy atom. The van der Waals surface area contributed by atoms with E-state index in [1.807, 2.05) is 12.1 Å². The minimum atomic E-state index is -0.541. The summed E-state index contributed by atoms with van der Waals surface area (Å²) in [6.45, 7) is 2.51. The van der Waals surface area contributed by atoms with Crippen molar-refractivity contribution in [3.63, 3.8) is 0 Å². The number of hydrogen-bond donors (Lipinski definition) is 3. The van der Waals surface area contributed by atoms with E-state index in [9.17, 15) is 9.59 Å². The fourth-order valence-electron chi connectivity index (χ4n) is 3.11. The first-order valence-electron chi connectivity index (χ1n) is 8.30. The van der Waals surface area contributed by atoms with Crippen LogP contribution in [0.3, 0.4) is 0 Å². The molecule has 3 aromatic rings. The summed E-state index contributed by atoms with van der Waals surface area (Å²) < 4.78 is 0. The number of aromatic nitrogens is 5. The van der Waals surface area contributed by atoms with E-state index in [1.54, 1.807) is 17.0 Å². The molecule has 0 atom stereocenters. The summed E-state index contributed by atoms with van der Waals surface area (Å²) in [6.07, 6.45) is 5.20. The summed E-state index contributed by atoms with van der Waals surface area (Å²) in [5, 5.41) is 0. The first-order chi connectivity index (χ1) is 12.6. The van der Waals surface area contributed by atoms with Crippen molar-refractivity contribution in [1.82, 2.24) is 24.9 Å². The first kappa shape index (κ1) is 16.0. The van der Waals surface area contributed by atoms with Crippen LogP contribution in [0.2, 0.25) is 0 Å². The third-order valence-electron chi connectivity index (χ3n) is 4.17. The fourth-order valence-corrected chi connectivity index (χ4v) is 3.11. The predicted octanol–water partition coefficient (Wildman–Crippen LogP) is 1.10. The molecule has 9 nitrogen and oxygen atoms in total. The number of aromatic amines is 2. The molecule has 0 unspecified atom stereocenters. The number of aryl methyl sites for hydroxylation is 1. The van der Waals surface area contributed by atoms with Crippen molar-refractivity contribution < 1.29 is 0 Å². The Morgan fingerprint density at radius 3 is 2.85 bits per heavy atom. The number of rotatable bonds is 3. The Bertz CT molecular complexity index is 1150. The van der Waals surface area contributed by atoms with Gasteiger partial charge in [-0.2, -0.15) is 0 Å². The first-order valence-corrected chi connectivity index (χ1v) is 8.30. The second-order valence-corrected chi connectivity index (χ2v) is 6.00. The zero-order chi connectivity index (χ0) is 18.3. The van der Waals surface area contributed by atoms with Gasteiger partial charge in [-0.1, -0.05) is 19.4 Å². The second kappa shape index (κ2) is 6.10. The largest absolute Gasteiger partial charge is 0.368 e. The molecule has 4 N–H and O–H groups in total. The normalized spacial score (nSPS) is 13.2. The Hall–Kier alpha value is -3.49. The average Bonchev–Trinajstić information content (AvgIpc) is 2.61. The van der Waals surface area contributed by atoms with Gasteiger partial charge in [0.25, 0.3) is 5.56 Å². The summed E-state index contributed by atoms with van der Waals surface area (Å²) in [5.74, 6) is 0.794. The molecule has 9 heteroatoms. The van der Waals surface area contributed by atoms with E-state index in [2.05, 4.69) is 31.8 Å². The molecule has 0 amide bonds. The lowest BCUT2D eigenvalue weighted by Gasteiger charge is -2.25. The van der Waals surface area contributed by atoms with Gasteiger partial charge in [-0.15, -0.1) is 0 Å². The summed E-state index contributed by atoms with van der Waals surface area (Å²) in [7, 11) is 0. The van der Waals surface area contributed by atoms with Crippen LogP contribution in [0.1, 0.15) is 24.7 Å². The van der Waals surface area contributed by atoms with Crippen LogP contribution in [0.25, 0.3) is 17.1 Å². The van der Waals surface area contributed by atoms with Crippen molar-refractivity contribution >= 4 is 34.6 Å². The van der Waals surface area contributed by atoms with E-state index in [1.165, 1.54) is 0 Å². The number of hydrogen-bond acceptors (Lipinski definition) is 7. The SMILES string of the molecule is CCCc1nc(N)nc2ccc(N3CC=Cc4[nH]c(=O)[nH]c(=O)c43)nc12. The van der Waals surface area contributed by atoms with Crippen molar-refractivity contribution in [1.29, 1.82) is 0 Å². The third-order valence-corrected chi connectivity index (χ3v) is 4.17. The molecule has 132 valence electrons. The highest BCUT2D eigenvalue weighted by Gasteiger charge is 2.21.